The molecule has 1 aliphatic rings. The van der Waals surface area contributed by atoms with Crippen molar-refractivity contribution in [2.75, 3.05) is 19.7 Å². The number of aromatic nitrogens is 3. The van der Waals surface area contributed by atoms with Crippen molar-refractivity contribution in [2.45, 2.75) is 39.8 Å². The van der Waals surface area contributed by atoms with Crippen LogP contribution in [0.3, 0.4) is 0 Å². The molecule has 0 N–H and O–H groups in total. The fourth-order valence-electron chi connectivity index (χ4n) is 4.13. The molecule has 0 radical (unpaired) electrons. The maximum Gasteiger partial charge on any atom is 0.112 e. The van der Waals surface area contributed by atoms with Crippen LogP contribution in [-0.2, 0) is 24.8 Å². The molecule has 1 unspecified atom stereocenters. The summed E-state index contributed by atoms with van der Waals surface area (Å²) >= 11 is 0. The van der Waals surface area contributed by atoms with Gasteiger partial charge in [0.15, 0.2) is 0 Å². The van der Waals surface area contributed by atoms with Gasteiger partial charge in [-0.25, -0.2) is 0 Å². The summed E-state index contributed by atoms with van der Waals surface area (Å²) in [5.41, 5.74) is 8.47. The zero-order valence-electron chi connectivity index (χ0n) is 17.9. The van der Waals surface area contributed by atoms with Gasteiger partial charge in [0.2, 0.25) is 0 Å². The van der Waals surface area contributed by atoms with Crippen molar-refractivity contribution in [3.05, 3.63) is 81.9 Å². The van der Waals surface area contributed by atoms with Crippen molar-refractivity contribution in [3.8, 4) is 0 Å². The molecule has 0 aliphatic carbocycles. The molecule has 29 heavy (non-hydrogen) atoms. The van der Waals surface area contributed by atoms with Crippen LogP contribution >= 0.6 is 0 Å². The average molecular weight is 391 g/mol. The standard InChI is InChI=1S/C24H30N4O/c1-17-7-5-6-8-21(17)12-20-11-18(2)25-23(13-20)24-16-28(9-10-29-24)15-22-14-27(4)26-19(22)3/h5-8,11,13-14,24H,9-10,12,15-16H2,1-4H3. The van der Waals surface area contributed by atoms with Crippen LogP contribution in [0.1, 0.15) is 45.4 Å². The van der Waals surface area contributed by atoms with Crippen molar-refractivity contribution < 1.29 is 4.74 Å². The van der Waals surface area contributed by atoms with Crippen LogP contribution < -0.4 is 0 Å². The van der Waals surface area contributed by atoms with Crippen LogP contribution in [0, 0.1) is 20.8 Å². The minimum Gasteiger partial charge on any atom is -0.369 e. The van der Waals surface area contributed by atoms with Crippen molar-refractivity contribution >= 4 is 0 Å². The summed E-state index contributed by atoms with van der Waals surface area (Å²) < 4.78 is 8.02. The van der Waals surface area contributed by atoms with E-state index in [-0.39, 0.29) is 6.10 Å². The Hall–Kier alpha value is -2.50. The van der Waals surface area contributed by atoms with Gasteiger partial charge in [0.1, 0.15) is 6.10 Å². The Morgan fingerprint density at radius 1 is 1.10 bits per heavy atom. The molecular weight excluding hydrogens is 360 g/mol. The van der Waals surface area contributed by atoms with Gasteiger partial charge in [-0.05, 0) is 56.0 Å². The quantitative estimate of drug-likeness (QED) is 0.663. The van der Waals surface area contributed by atoms with E-state index < -0.39 is 0 Å². The van der Waals surface area contributed by atoms with E-state index >= 15 is 0 Å². The summed E-state index contributed by atoms with van der Waals surface area (Å²) in [4.78, 5) is 7.26. The zero-order chi connectivity index (χ0) is 20.4. The number of aryl methyl sites for hydroxylation is 4. The molecule has 0 spiro atoms. The number of ether oxygens (including phenoxy) is 1. The van der Waals surface area contributed by atoms with Gasteiger partial charge in [-0.2, -0.15) is 5.10 Å². The van der Waals surface area contributed by atoms with Gasteiger partial charge in [-0.15, -0.1) is 0 Å². The smallest absolute Gasteiger partial charge is 0.112 e. The fourth-order valence-corrected chi connectivity index (χ4v) is 4.13. The second kappa shape index (κ2) is 8.47. The summed E-state index contributed by atoms with van der Waals surface area (Å²) in [6.45, 7) is 9.75. The minimum atomic E-state index is 0.0104. The van der Waals surface area contributed by atoms with Gasteiger partial charge in [0.25, 0.3) is 0 Å². The van der Waals surface area contributed by atoms with Gasteiger partial charge >= 0.3 is 0 Å². The Morgan fingerprint density at radius 3 is 2.69 bits per heavy atom. The van der Waals surface area contributed by atoms with E-state index in [9.17, 15) is 0 Å². The number of benzene rings is 1. The van der Waals surface area contributed by atoms with E-state index in [4.69, 9.17) is 9.72 Å². The number of pyridine rings is 1. The number of hydrogen-bond acceptors (Lipinski definition) is 4. The van der Waals surface area contributed by atoms with Crippen LogP contribution in [0.5, 0.6) is 0 Å². The van der Waals surface area contributed by atoms with E-state index in [2.05, 4.69) is 73.4 Å². The molecule has 3 heterocycles. The van der Waals surface area contributed by atoms with Crippen molar-refractivity contribution in [2.24, 2.45) is 7.05 Å². The highest BCUT2D eigenvalue weighted by molar-refractivity contribution is 5.33. The zero-order valence-corrected chi connectivity index (χ0v) is 17.9. The molecule has 4 rings (SSSR count). The van der Waals surface area contributed by atoms with Crippen LogP contribution in [0.2, 0.25) is 0 Å². The van der Waals surface area contributed by atoms with Gasteiger partial charge in [-0.1, -0.05) is 24.3 Å². The third-order valence-corrected chi connectivity index (χ3v) is 5.68. The first-order valence-corrected chi connectivity index (χ1v) is 10.3. The Balaban J connectivity index is 1.50. The van der Waals surface area contributed by atoms with E-state index in [1.807, 2.05) is 11.7 Å². The molecule has 152 valence electrons. The lowest BCUT2D eigenvalue weighted by molar-refractivity contribution is -0.0351. The molecule has 1 aromatic carbocycles. The van der Waals surface area contributed by atoms with E-state index in [1.165, 1.54) is 22.3 Å². The molecule has 1 atom stereocenters. The third-order valence-electron chi connectivity index (χ3n) is 5.68. The Bertz CT molecular complexity index is 994. The average Bonchev–Trinajstić information content (AvgIpc) is 3.00. The van der Waals surface area contributed by atoms with E-state index in [0.29, 0.717) is 0 Å². The van der Waals surface area contributed by atoms with E-state index in [1.54, 1.807) is 0 Å². The van der Waals surface area contributed by atoms with Crippen molar-refractivity contribution in [1.29, 1.82) is 0 Å². The second-order valence-corrected chi connectivity index (χ2v) is 8.15. The van der Waals surface area contributed by atoms with Crippen LogP contribution in [0.4, 0.5) is 0 Å². The molecule has 1 saturated heterocycles. The molecule has 3 aromatic rings. The fraction of sp³-hybridized carbons (Fsp3) is 0.417. The largest absolute Gasteiger partial charge is 0.369 e. The predicted molar refractivity (Wildman–Crippen MR) is 115 cm³/mol. The number of hydrogen-bond donors (Lipinski definition) is 0. The molecular formula is C24H30N4O. The normalized spacial score (nSPS) is 17.6. The lowest BCUT2D eigenvalue weighted by atomic mass is 9.99. The highest BCUT2D eigenvalue weighted by Gasteiger charge is 2.24. The molecule has 0 bridgehead atoms. The maximum atomic E-state index is 6.13. The second-order valence-electron chi connectivity index (χ2n) is 8.15. The lowest BCUT2D eigenvalue weighted by Gasteiger charge is -2.32. The topological polar surface area (TPSA) is 43.2 Å². The predicted octanol–water partition coefficient (Wildman–Crippen LogP) is 3.90. The molecule has 1 fully saturated rings. The maximum absolute atomic E-state index is 6.13. The molecule has 2 aromatic heterocycles. The van der Waals surface area contributed by atoms with Crippen LogP contribution in [0.15, 0.2) is 42.6 Å². The molecule has 5 nitrogen and oxygen atoms in total. The van der Waals surface area contributed by atoms with Crippen molar-refractivity contribution in [1.82, 2.24) is 19.7 Å². The van der Waals surface area contributed by atoms with Crippen LogP contribution in [-0.4, -0.2) is 39.4 Å². The van der Waals surface area contributed by atoms with Gasteiger partial charge in [0, 0.05) is 44.1 Å². The molecule has 5 heteroatoms. The Kier molecular flexibility index (Phi) is 5.79. The Labute approximate surface area is 173 Å². The van der Waals surface area contributed by atoms with Gasteiger partial charge < -0.3 is 4.74 Å². The summed E-state index contributed by atoms with van der Waals surface area (Å²) in [6, 6.07) is 13.0. The Morgan fingerprint density at radius 2 is 1.93 bits per heavy atom. The lowest BCUT2D eigenvalue weighted by Crippen LogP contribution is -2.38. The first-order chi connectivity index (χ1) is 14.0. The van der Waals surface area contributed by atoms with Gasteiger partial charge in [0.05, 0.1) is 18.0 Å². The molecule has 1 aliphatic heterocycles. The number of nitrogens with zero attached hydrogens (tertiary/aromatic N) is 4. The number of morpholine rings is 1. The summed E-state index contributed by atoms with van der Waals surface area (Å²) in [7, 11) is 1.98. The monoisotopic (exact) mass is 390 g/mol. The third kappa shape index (κ3) is 4.74. The van der Waals surface area contributed by atoms with Crippen molar-refractivity contribution in [3.63, 3.8) is 0 Å². The summed E-state index contributed by atoms with van der Waals surface area (Å²) in [6.07, 6.45) is 3.05. The van der Waals surface area contributed by atoms with E-state index in [0.717, 1.165) is 49.7 Å². The summed E-state index contributed by atoms with van der Waals surface area (Å²) in [5.74, 6) is 0. The SMILES string of the molecule is Cc1cc(Cc2ccccc2C)cc(C2CN(Cc3cn(C)nc3C)CCO2)n1. The molecule has 0 saturated carbocycles. The number of rotatable bonds is 5. The minimum absolute atomic E-state index is 0.0104. The van der Waals surface area contributed by atoms with Gasteiger partial charge in [-0.3, -0.25) is 14.6 Å². The highest BCUT2D eigenvalue weighted by Crippen LogP contribution is 2.25. The summed E-state index contributed by atoms with van der Waals surface area (Å²) in [5, 5.41) is 4.47. The first kappa shape index (κ1) is 19.8. The van der Waals surface area contributed by atoms with Crippen LogP contribution in [0.25, 0.3) is 0 Å². The molecule has 0 amide bonds. The highest BCUT2D eigenvalue weighted by atomic mass is 16.5. The first-order valence-electron chi connectivity index (χ1n) is 10.3.